The van der Waals surface area contributed by atoms with Crippen LogP contribution in [0.1, 0.15) is 75.2 Å². The molecule has 2 aromatic heterocycles. The molecule has 1 N–H and O–H groups in total. The van der Waals surface area contributed by atoms with E-state index in [1.54, 1.807) is 16.2 Å². The van der Waals surface area contributed by atoms with Crippen LogP contribution in [0.4, 0.5) is 0 Å². The normalized spacial score (nSPS) is 25.9. The van der Waals surface area contributed by atoms with Crippen LogP contribution in [-0.2, 0) is 22.5 Å². The van der Waals surface area contributed by atoms with Crippen LogP contribution in [0.2, 0.25) is 0 Å². The summed E-state index contributed by atoms with van der Waals surface area (Å²) in [5.41, 5.74) is 0.858. The van der Waals surface area contributed by atoms with Crippen molar-refractivity contribution < 1.29 is 14.3 Å². The number of carbonyl (C=O) groups excluding carboxylic acids is 2. The van der Waals surface area contributed by atoms with Gasteiger partial charge in [0.15, 0.2) is 0 Å². The van der Waals surface area contributed by atoms with Crippen molar-refractivity contribution in [3.05, 3.63) is 22.7 Å². The molecule has 7 heteroatoms. The molecule has 1 aliphatic heterocycles. The number of aromatic nitrogens is 1. The van der Waals surface area contributed by atoms with E-state index in [9.17, 15) is 9.59 Å². The van der Waals surface area contributed by atoms with Gasteiger partial charge < -0.3 is 19.5 Å². The molecule has 1 atom stereocenters. The van der Waals surface area contributed by atoms with E-state index in [1.165, 1.54) is 4.88 Å². The van der Waals surface area contributed by atoms with Crippen LogP contribution in [-0.4, -0.2) is 52.6 Å². The van der Waals surface area contributed by atoms with E-state index in [4.69, 9.17) is 4.74 Å². The fourth-order valence-corrected chi connectivity index (χ4v) is 6.17. The van der Waals surface area contributed by atoms with Crippen LogP contribution >= 0.6 is 11.3 Å². The molecule has 0 spiro atoms. The van der Waals surface area contributed by atoms with Gasteiger partial charge in [-0.3, -0.25) is 9.59 Å². The molecule has 1 fully saturated rings. The second-order valence-corrected chi connectivity index (χ2v) is 10.8. The second kappa shape index (κ2) is 9.56. The van der Waals surface area contributed by atoms with E-state index in [1.807, 2.05) is 19.9 Å². The van der Waals surface area contributed by atoms with Gasteiger partial charge in [0.05, 0.1) is 16.8 Å². The summed E-state index contributed by atoms with van der Waals surface area (Å²) < 4.78 is 8.72. The molecule has 0 bridgehead atoms. The molecule has 0 unspecified atom stereocenters. The maximum absolute atomic E-state index is 13.7. The molecule has 3 heterocycles. The van der Waals surface area contributed by atoms with Crippen molar-refractivity contribution in [3.63, 3.8) is 0 Å². The monoisotopic (exact) mass is 459 g/mol. The molecule has 0 radical (unpaired) electrons. The first kappa shape index (κ1) is 23.3. The number of carbonyl (C=O) groups is 2. The van der Waals surface area contributed by atoms with E-state index in [2.05, 4.69) is 29.8 Å². The van der Waals surface area contributed by atoms with E-state index in [0.717, 1.165) is 54.7 Å². The summed E-state index contributed by atoms with van der Waals surface area (Å²) in [5, 5.41) is 3.31. The number of fused-ring (bicyclic) bond motifs is 3. The fraction of sp³-hybridized carbons (Fsp3) is 0.680. The smallest absolute Gasteiger partial charge is 0.271 e. The van der Waals surface area contributed by atoms with Crippen LogP contribution in [0.15, 0.2) is 12.1 Å². The third kappa shape index (κ3) is 4.34. The maximum atomic E-state index is 13.7. The molecule has 2 amide bonds. The van der Waals surface area contributed by atoms with E-state index < -0.39 is 5.54 Å². The van der Waals surface area contributed by atoms with Gasteiger partial charge in [0.25, 0.3) is 5.91 Å². The Hall–Kier alpha value is -1.86. The number of amides is 2. The number of aryl methyl sites for hydroxylation is 1. The minimum Gasteiger partial charge on any atom is -0.382 e. The molecular weight excluding hydrogens is 422 g/mol. The topological polar surface area (TPSA) is 63.6 Å². The molecule has 2 aromatic rings. The molecule has 0 saturated heterocycles. The number of rotatable bonds is 8. The van der Waals surface area contributed by atoms with Gasteiger partial charge in [-0.05, 0) is 70.4 Å². The number of ether oxygens (including phenoxy) is 1. The summed E-state index contributed by atoms with van der Waals surface area (Å²) in [5.74, 6) is 0.650. The average Bonchev–Trinajstić information content (AvgIpc) is 3.33. The van der Waals surface area contributed by atoms with Gasteiger partial charge in [0.1, 0.15) is 11.2 Å². The molecule has 0 aromatic carbocycles. The lowest BCUT2D eigenvalue weighted by atomic mass is 9.86. The standard InChI is InChI=1S/C25H37N3O3S/c1-5-19-14-20-22(32-19)15-21-23(29)28(12-7-13-31-6-2)25(4,16-27(20)21)24(30)26-18-10-8-17(3)9-11-18/h14-15,17-18H,5-13,16H2,1-4H3,(H,26,30)/t17?,18?,25-/m1/s1. The molecule has 2 aliphatic rings. The zero-order valence-corrected chi connectivity index (χ0v) is 20.7. The Morgan fingerprint density at radius 3 is 2.69 bits per heavy atom. The van der Waals surface area contributed by atoms with Crippen molar-refractivity contribution in [3.8, 4) is 0 Å². The van der Waals surface area contributed by atoms with Gasteiger partial charge in [-0.1, -0.05) is 13.8 Å². The molecule has 1 aliphatic carbocycles. The van der Waals surface area contributed by atoms with Crippen molar-refractivity contribution in [2.75, 3.05) is 19.8 Å². The van der Waals surface area contributed by atoms with Gasteiger partial charge in [0.2, 0.25) is 5.91 Å². The largest absolute Gasteiger partial charge is 0.382 e. The highest BCUT2D eigenvalue weighted by atomic mass is 32.1. The summed E-state index contributed by atoms with van der Waals surface area (Å²) in [6, 6.07) is 4.40. The third-order valence-electron chi connectivity index (χ3n) is 7.23. The summed E-state index contributed by atoms with van der Waals surface area (Å²) in [7, 11) is 0. The van der Waals surface area contributed by atoms with Crippen LogP contribution < -0.4 is 5.32 Å². The highest BCUT2D eigenvalue weighted by Gasteiger charge is 2.48. The highest BCUT2D eigenvalue weighted by molar-refractivity contribution is 7.19. The summed E-state index contributed by atoms with van der Waals surface area (Å²) in [6.07, 6.45) is 6.03. The summed E-state index contributed by atoms with van der Waals surface area (Å²) in [6.45, 7) is 10.6. The van der Waals surface area contributed by atoms with Crippen molar-refractivity contribution in [2.24, 2.45) is 5.92 Å². The van der Waals surface area contributed by atoms with Crippen LogP contribution in [0.5, 0.6) is 0 Å². The number of nitrogens with zero attached hydrogens (tertiary/aromatic N) is 2. The van der Waals surface area contributed by atoms with Gasteiger partial charge >= 0.3 is 0 Å². The summed E-state index contributed by atoms with van der Waals surface area (Å²) in [4.78, 5) is 30.4. The molecule has 176 valence electrons. The molecular formula is C25H37N3O3S. The lowest BCUT2D eigenvalue weighted by Crippen LogP contribution is -2.65. The van der Waals surface area contributed by atoms with Crippen LogP contribution in [0.3, 0.4) is 0 Å². The fourth-order valence-electron chi connectivity index (χ4n) is 5.13. The first-order chi connectivity index (χ1) is 15.4. The molecule has 4 rings (SSSR count). The SMILES string of the molecule is CCOCCCN1C(=O)c2cc3sc(CC)cc3n2C[C@]1(C)C(=O)NC1CCC(C)CC1. The van der Waals surface area contributed by atoms with Gasteiger partial charge in [-0.15, -0.1) is 11.3 Å². The summed E-state index contributed by atoms with van der Waals surface area (Å²) >= 11 is 1.74. The van der Waals surface area contributed by atoms with Crippen LogP contribution in [0, 0.1) is 5.92 Å². The Labute approximate surface area is 195 Å². The molecule has 6 nitrogen and oxygen atoms in total. The quantitative estimate of drug-likeness (QED) is 0.587. The number of thiophene rings is 1. The number of hydrogen-bond donors (Lipinski definition) is 1. The second-order valence-electron chi connectivity index (χ2n) is 9.64. The number of hydrogen-bond acceptors (Lipinski definition) is 4. The van der Waals surface area contributed by atoms with Crippen molar-refractivity contribution in [2.45, 2.75) is 84.3 Å². The van der Waals surface area contributed by atoms with Crippen molar-refractivity contribution in [1.29, 1.82) is 0 Å². The predicted octanol–water partition coefficient (Wildman–Crippen LogP) is 4.60. The Balaban J connectivity index is 1.63. The maximum Gasteiger partial charge on any atom is 0.271 e. The Morgan fingerprint density at radius 1 is 1.25 bits per heavy atom. The molecule has 32 heavy (non-hydrogen) atoms. The van der Waals surface area contributed by atoms with Crippen molar-refractivity contribution in [1.82, 2.24) is 14.8 Å². The third-order valence-corrected chi connectivity index (χ3v) is 8.45. The lowest BCUT2D eigenvalue weighted by molar-refractivity contribution is -0.134. The van der Waals surface area contributed by atoms with Crippen LogP contribution in [0.25, 0.3) is 10.2 Å². The minimum absolute atomic E-state index is 0.0275. The van der Waals surface area contributed by atoms with E-state index in [-0.39, 0.29) is 17.9 Å². The zero-order chi connectivity index (χ0) is 22.9. The predicted molar refractivity (Wildman–Crippen MR) is 129 cm³/mol. The van der Waals surface area contributed by atoms with Crippen molar-refractivity contribution >= 4 is 33.4 Å². The zero-order valence-electron chi connectivity index (χ0n) is 19.9. The van der Waals surface area contributed by atoms with Gasteiger partial charge in [-0.2, -0.15) is 0 Å². The molecule has 1 saturated carbocycles. The lowest BCUT2D eigenvalue weighted by Gasteiger charge is -2.45. The Kier molecular flexibility index (Phi) is 6.96. The minimum atomic E-state index is -0.917. The first-order valence-corrected chi connectivity index (χ1v) is 13.0. The average molecular weight is 460 g/mol. The van der Waals surface area contributed by atoms with Gasteiger partial charge in [-0.25, -0.2) is 0 Å². The van der Waals surface area contributed by atoms with Gasteiger partial charge in [0, 0.05) is 30.7 Å². The van der Waals surface area contributed by atoms with E-state index >= 15 is 0 Å². The number of nitrogens with one attached hydrogen (secondary N) is 1. The first-order valence-electron chi connectivity index (χ1n) is 12.2. The Morgan fingerprint density at radius 2 is 2.00 bits per heavy atom. The Bertz CT molecular complexity index is 973. The highest BCUT2D eigenvalue weighted by Crippen LogP contribution is 2.36. The van der Waals surface area contributed by atoms with E-state index in [0.29, 0.717) is 32.0 Å².